The minimum absolute atomic E-state index is 0.166. The summed E-state index contributed by atoms with van der Waals surface area (Å²) in [5.41, 5.74) is 8.01. The van der Waals surface area contributed by atoms with Crippen LogP contribution in [0.25, 0.3) is 0 Å². The zero-order valence-corrected chi connectivity index (χ0v) is 14.2. The van der Waals surface area contributed by atoms with Gasteiger partial charge in [0.1, 0.15) is 5.82 Å². The van der Waals surface area contributed by atoms with Crippen LogP contribution in [0.4, 0.5) is 15.8 Å². The fourth-order valence-electron chi connectivity index (χ4n) is 2.24. The second-order valence-electron chi connectivity index (χ2n) is 5.34. The molecule has 0 bridgehead atoms. The zero-order chi connectivity index (χ0) is 16.4. The SMILES string of the molecule is Cc1ccnc(C(C)C)c1Nc1cc(Br)cc(F)c1C(N)=O. The number of halogens is 2. The first-order valence-corrected chi connectivity index (χ1v) is 7.62. The van der Waals surface area contributed by atoms with E-state index in [1.54, 1.807) is 12.3 Å². The smallest absolute Gasteiger partial charge is 0.253 e. The molecule has 1 aromatic heterocycles. The van der Waals surface area contributed by atoms with Crippen LogP contribution in [0.1, 0.15) is 41.4 Å². The van der Waals surface area contributed by atoms with Crippen LogP contribution in [-0.2, 0) is 0 Å². The number of pyridine rings is 1. The van der Waals surface area contributed by atoms with Crippen LogP contribution in [0.3, 0.4) is 0 Å². The first-order valence-electron chi connectivity index (χ1n) is 6.82. The van der Waals surface area contributed by atoms with Gasteiger partial charge in [0.15, 0.2) is 0 Å². The Bertz CT molecular complexity index is 732. The van der Waals surface area contributed by atoms with Crippen molar-refractivity contribution in [1.82, 2.24) is 4.98 Å². The average Bonchev–Trinajstić information content (AvgIpc) is 2.39. The number of nitrogens with two attached hydrogens (primary N) is 1. The number of rotatable bonds is 4. The molecule has 22 heavy (non-hydrogen) atoms. The number of hydrogen-bond donors (Lipinski definition) is 2. The Morgan fingerprint density at radius 3 is 2.68 bits per heavy atom. The van der Waals surface area contributed by atoms with Crippen LogP contribution in [0.5, 0.6) is 0 Å². The highest BCUT2D eigenvalue weighted by atomic mass is 79.9. The van der Waals surface area contributed by atoms with Gasteiger partial charge in [-0.05, 0) is 36.6 Å². The molecule has 4 nitrogen and oxygen atoms in total. The highest BCUT2D eigenvalue weighted by molar-refractivity contribution is 9.10. The van der Waals surface area contributed by atoms with Gasteiger partial charge in [-0.1, -0.05) is 29.8 Å². The molecule has 1 amide bonds. The highest BCUT2D eigenvalue weighted by Crippen LogP contribution is 2.32. The summed E-state index contributed by atoms with van der Waals surface area (Å²) in [7, 11) is 0. The zero-order valence-electron chi connectivity index (χ0n) is 12.6. The van der Waals surface area contributed by atoms with Gasteiger partial charge in [-0.15, -0.1) is 0 Å². The van der Waals surface area contributed by atoms with E-state index in [1.807, 2.05) is 26.8 Å². The maximum absolute atomic E-state index is 14.0. The van der Waals surface area contributed by atoms with Gasteiger partial charge < -0.3 is 11.1 Å². The number of amides is 1. The largest absolute Gasteiger partial charge is 0.365 e. The quantitative estimate of drug-likeness (QED) is 0.850. The molecule has 0 unspecified atom stereocenters. The summed E-state index contributed by atoms with van der Waals surface area (Å²) in [4.78, 5) is 15.9. The first kappa shape index (κ1) is 16.4. The minimum atomic E-state index is -0.819. The summed E-state index contributed by atoms with van der Waals surface area (Å²) in [6.07, 6.45) is 1.73. The Morgan fingerprint density at radius 2 is 2.09 bits per heavy atom. The number of hydrogen-bond acceptors (Lipinski definition) is 3. The molecule has 116 valence electrons. The number of aromatic nitrogens is 1. The maximum Gasteiger partial charge on any atom is 0.253 e. The number of aryl methyl sites for hydroxylation is 1. The van der Waals surface area contributed by atoms with Crippen LogP contribution in [0.15, 0.2) is 28.9 Å². The lowest BCUT2D eigenvalue weighted by Gasteiger charge is -2.18. The molecule has 2 aromatic rings. The Morgan fingerprint density at radius 1 is 1.41 bits per heavy atom. The lowest BCUT2D eigenvalue weighted by atomic mass is 10.0. The summed E-state index contributed by atoms with van der Waals surface area (Å²) < 4.78 is 14.6. The summed E-state index contributed by atoms with van der Waals surface area (Å²) in [5.74, 6) is -1.31. The van der Waals surface area contributed by atoms with Crippen LogP contribution in [0.2, 0.25) is 0 Å². The monoisotopic (exact) mass is 365 g/mol. The van der Waals surface area contributed by atoms with Crippen molar-refractivity contribution in [1.29, 1.82) is 0 Å². The van der Waals surface area contributed by atoms with E-state index in [4.69, 9.17) is 5.73 Å². The average molecular weight is 366 g/mol. The van der Waals surface area contributed by atoms with E-state index in [-0.39, 0.29) is 11.5 Å². The third kappa shape index (κ3) is 3.27. The Balaban J connectivity index is 2.59. The topological polar surface area (TPSA) is 68.0 Å². The maximum atomic E-state index is 14.0. The molecule has 0 fully saturated rings. The Hall–Kier alpha value is -1.95. The van der Waals surface area contributed by atoms with Gasteiger partial charge in [-0.2, -0.15) is 0 Å². The second-order valence-corrected chi connectivity index (χ2v) is 6.26. The van der Waals surface area contributed by atoms with Crippen molar-refractivity contribution >= 4 is 33.2 Å². The summed E-state index contributed by atoms with van der Waals surface area (Å²) >= 11 is 3.23. The van der Waals surface area contributed by atoms with Crippen LogP contribution < -0.4 is 11.1 Å². The third-order valence-electron chi connectivity index (χ3n) is 3.30. The standard InChI is InChI=1S/C16H17BrFN3O/c1-8(2)14-15(9(3)4-5-20-14)21-12-7-10(17)6-11(18)13(12)16(19)22/h4-8,21H,1-3H3,(H2,19,22). The fourth-order valence-corrected chi connectivity index (χ4v) is 2.67. The number of benzene rings is 1. The van der Waals surface area contributed by atoms with Gasteiger partial charge in [0, 0.05) is 10.7 Å². The van der Waals surface area contributed by atoms with Gasteiger partial charge in [-0.3, -0.25) is 9.78 Å². The fraction of sp³-hybridized carbons (Fsp3) is 0.250. The van der Waals surface area contributed by atoms with Crippen LogP contribution in [0, 0.1) is 12.7 Å². The van der Waals surface area contributed by atoms with Crippen molar-refractivity contribution in [3.63, 3.8) is 0 Å². The molecule has 0 aliphatic carbocycles. The molecule has 1 aromatic carbocycles. The molecule has 3 N–H and O–H groups in total. The molecular formula is C16H17BrFN3O. The minimum Gasteiger partial charge on any atom is -0.365 e. The molecule has 0 spiro atoms. The number of primary amides is 1. The van der Waals surface area contributed by atoms with E-state index >= 15 is 0 Å². The molecule has 0 aliphatic rings. The molecular weight excluding hydrogens is 349 g/mol. The van der Waals surface area contributed by atoms with Crippen LogP contribution in [-0.4, -0.2) is 10.9 Å². The summed E-state index contributed by atoms with van der Waals surface area (Å²) in [6.45, 7) is 5.96. The van der Waals surface area contributed by atoms with Gasteiger partial charge in [-0.25, -0.2) is 4.39 Å². The van der Waals surface area contributed by atoms with Crippen molar-refractivity contribution in [2.45, 2.75) is 26.7 Å². The number of carbonyl (C=O) groups excluding carboxylic acids is 1. The van der Waals surface area contributed by atoms with E-state index < -0.39 is 11.7 Å². The van der Waals surface area contributed by atoms with Gasteiger partial charge >= 0.3 is 0 Å². The van der Waals surface area contributed by atoms with Crippen LogP contribution >= 0.6 is 15.9 Å². The lowest BCUT2D eigenvalue weighted by Crippen LogP contribution is -2.16. The lowest BCUT2D eigenvalue weighted by molar-refractivity contribution is 0.0997. The number of nitrogens with one attached hydrogen (secondary N) is 1. The molecule has 0 atom stereocenters. The van der Waals surface area contributed by atoms with Gasteiger partial charge in [0.05, 0.1) is 22.6 Å². The van der Waals surface area contributed by atoms with E-state index in [0.717, 1.165) is 16.9 Å². The summed E-state index contributed by atoms with van der Waals surface area (Å²) in [6, 6.07) is 4.69. The molecule has 0 saturated carbocycles. The number of nitrogens with zero attached hydrogens (tertiary/aromatic N) is 1. The Labute approximate surface area is 137 Å². The molecule has 0 aliphatic heterocycles. The first-order chi connectivity index (χ1) is 10.3. The molecule has 0 radical (unpaired) electrons. The highest BCUT2D eigenvalue weighted by Gasteiger charge is 2.18. The summed E-state index contributed by atoms with van der Waals surface area (Å²) in [5, 5.41) is 3.12. The van der Waals surface area contributed by atoms with E-state index in [9.17, 15) is 9.18 Å². The molecule has 2 rings (SSSR count). The van der Waals surface area contributed by atoms with Crippen molar-refractivity contribution in [3.05, 3.63) is 51.5 Å². The van der Waals surface area contributed by atoms with E-state index in [2.05, 4.69) is 26.2 Å². The predicted molar refractivity (Wildman–Crippen MR) is 89.0 cm³/mol. The van der Waals surface area contributed by atoms with Gasteiger partial charge in [0.2, 0.25) is 0 Å². The molecule has 1 heterocycles. The molecule has 6 heteroatoms. The van der Waals surface area contributed by atoms with Crippen molar-refractivity contribution in [2.24, 2.45) is 5.73 Å². The number of anilines is 2. The predicted octanol–water partition coefficient (Wildman–Crippen LogP) is 4.26. The third-order valence-corrected chi connectivity index (χ3v) is 3.75. The van der Waals surface area contributed by atoms with E-state index in [0.29, 0.717) is 10.2 Å². The van der Waals surface area contributed by atoms with Crippen molar-refractivity contribution in [3.8, 4) is 0 Å². The van der Waals surface area contributed by atoms with Crippen molar-refractivity contribution < 1.29 is 9.18 Å². The second kappa shape index (κ2) is 6.44. The molecule has 0 saturated heterocycles. The van der Waals surface area contributed by atoms with E-state index in [1.165, 1.54) is 6.07 Å². The van der Waals surface area contributed by atoms with Gasteiger partial charge in [0.25, 0.3) is 5.91 Å². The normalized spacial score (nSPS) is 10.8. The number of carbonyl (C=O) groups is 1. The van der Waals surface area contributed by atoms with Crippen molar-refractivity contribution in [2.75, 3.05) is 5.32 Å². The Kier molecular flexibility index (Phi) is 4.81.